The van der Waals surface area contributed by atoms with Gasteiger partial charge in [0.25, 0.3) is 0 Å². The van der Waals surface area contributed by atoms with Crippen molar-refractivity contribution in [3.63, 3.8) is 0 Å². The van der Waals surface area contributed by atoms with Crippen LogP contribution in [-0.2, 0) is 0 Å². The Morgan fingerprint density at radius 3 is 2.75 bits per heavy atom. The summed E-state index contributed by atoms with van der Waals surface area (Å²) in [5.74, 6) is -0.884. The van der Waals surface area contributed by atoms with E-state index in [-0.39, 0.29) is 4.83 Å². The topological polar surface area (TPSA) is 37.3 Å². The van der Waals surface area contributed by atoms with Gasteiger partial charge in [-0.1, -0.05) is 28.1 Å². The second-order valence-electron chi connectivity index (χ2n) is 2.55. The summed E-state index contributed by atoms with van der Waals surface area (Å²) in [5.41, 5.74) is 1.31. The van der Waals surface area contributed by atoms with Crippen molar-refractivity contribution in [2.45, 2.75) is 11.8 Å². The van der Waals surface area contributed by atoms with E-state index in [4.69, 9.17) is 5.11 Å². The predicted molar refractivity (Wildman–Crippen MR) is 50.7 cm³/mol. The molecule has 0 amide bonds. The number of benzene rings is 1. The van der Waals surface area contributed by atoms with Crippen LogP contribution in [0.5, 0.6) is 0 Å². The maximum Gasteiger partial charge on any atom is 0.335 e. The molecule has 0 saturated heterocycles. The molecule has 1 atom stereocenters. The number of hydrogen-bond donors (Lipinski definition) is 1. The number of carboxylic acid groups (broad SMARTS) is 1. The molecule has 0 aliphatic heterocycles. The lowest BCUT2D eigenvalue weighted by atomic mass is 10.1. The van der Waals surface area contributed by atoms with Gasteiger partial charge in [-0.15, -0.1) is 0 Å². The van der Waals surface area contributed by atoms with Gasteiger partial charge in [-0.2, -0.15) is 0 Å². The van der Waals surface area contributed by atoms with Gasteiger partial charge in [0.15, 0.2) is 0 Å². The number of alkyl halides is 1. The van der Waals surface area contributed by atoms with Crippen LogP contribution in [0.3, 0.4) is 0 Å². The minimum Gasteiger partial charge on any atom is -0.478 e. The van der Waals surface area contributed by atoms with Gasteiger partial charge in [-0.05, 0) is 24.6 Å². The first-order chi connectivity index (χ1) is 5.61. The van der Waals surface area contributed by atoms with E-state index in [1.54, 1.807) is 18.2 Å². The number of carboxylic acids is 1. The summed E-state index contributed by atoms with van der Waals surface area (Å²) in [6.07, 6.45) is 0. The first-order valence-electron chi connectivity index (χ1n) is 3.58. The van der Waals surface area contributed by atoms with Crippen molar-refractivity contribution in [3.05, 3.63) is 35.4 Å². The van der Waals surface area contributed by atoms with Crippen LogP contribution < -0.4 is 0 Å². The Labute approximate surface area is 79.3 Å². The minimum absolute atomic E-state index is 0.191. The van der Waals surface area contributed by atoms with E-state index < -0.39 is 5.97 Å². The molecule has 3 heteroatoms. The quantitative estimate of drug-likeness (QED) is 0.791. The van der Waals surface area contributed by atoms with Crippen molar-refractivity contribution in [3.8, 4) is 0 Å². The van der Waals surface area contributed by atoms with E-state index in [1.807, 2.05) is 13.0 Å². The molecule has 0 spiro atoms. The molecule has 1 aromatic carbocycles. The zero-order valence-electron chi connectivity index (χ0n) is 6.62. The van der Waals surface area contributed by atoms with Gasteiger partial charge in [0.05, 0.1) is 5.56 Å². The molecular formula is C9H9BrO2. The van der Waals surface area contributed by atoms with E-state index in [0.717, 1.165) is 5.56 Å². The zero-order chi connectivity index (χ0) is 9.14. The summed E-state index contributed by atoms with van der Waals surface area (Å²) < 4.78 is 0. The van der Waals surface area contributed by atoms with E-state index in [9.17, 15) is 4.79 Å². The second-order valence-corrected chi connectivity index (χ2v) is 3.92. The molecule has 0 aromatic heterocycles. The lowest BCUT2D eigenvalue weighted by Crippen LogP contribution is -1.97. The lowest BCUT2D eigenvalue weighted by molar-refractivity contribution is 0.0697. The molecule has 0 aliphatic carbocycles. The molecule has 12 heavy (non-hydrogen) atoms. The summed E-state index contributed by atoms with van der Waals surface area (Å²) in [4.78, 5) is 10.8. The molecule has 0 bridgehead atoms. The second kappa shape index (κ2) is 3.72. The van der Waals surface area contributed by atoms with E-state index in [0.29, 0.717) is 5.56 Å². The van der Waals surface area contributed by atoms with Crippen LogP contribution in [0, 0.1) is 0 Å². The average molecular weight is 229 g/mol. The van der Waals surface area contributed by atoms with Crippen LogP contribution in [0.2, 0.25) is 0 Å². The molecule has 0 aliphatic rings. The molecule has 1 N–H and O–H groups in total. The Balaban J connectivity index is 3.04. The highest BCUT2D eigenvalue weighted by molar-refractivity contribution is 9.09. The zero-order valence-corrected chi connectivity index (χ0v) is 8.21. The van der Waals surface area contributed by atoms with Crippen LogP contribution in [0.25, 0.3) is 0 Å². The molecule has 0 radical (unpaired) electrons. The normalized spacial score (nSPS) is 12.5. The van der Waals surface area contributed by atoms with Crippen molar-refractivity contribution in [2.75, 3.05) is 0 Å². The van der Waals surface area contributed by atoms with Gasteiger partial charge >= 0.3 is 5.97 Å². The van der Waals surface area contributed by atoms with E-state index in [2.05, 4.69) is 15.9 Å². The monoisotopic (exact) mass is 228 g/mol. The Morgan fingerprint density at radius 1 is 1.58 bits per heavy atom. The third kappa shape index (κ3) is 2.08. The highest BCUT2D eigenvalue weighted by Crippen LogP contribution is 2.21. The molecule has 0 fully saturated rings. The Bertz CT molecular complexity index is 294. The van der Waals surface area contributed by atoms with Gasteiger partial charge in [0, 0.05) is 4.83 Å². The van der Waals surface area contributed by atoms with Crippen LogP contribution in [0.1, 0.15) is 27.7 Å². The van der Waals surface area contributed by atoms with Gasteiger partial charge in [-0.3, -0.25) is 0 Å². The van der Waals surface area contributed by atoms with Gasteiger partial charge in [0.2, 0.25) is 0 Å². The molecule has 0 saturated carbocycles. The molecule has 1 unspecified atom stereocenters. The van der Waals surface area contributed by atoms with Crippen LogP contribution in [-0.4, -0.2) is 11.1 Å². The summed E-state index contributed by atoms with van der Waals surface area (Å²) >= 11 is 3.37. The number of aromatic carboxylic acids is 1. The fourth-order valence-electron chi connectivity index (χ4n) is 0.919. The van der Waals surface area contributed by atoms with Gasteiger partial charge < -0.3 is 5.11 Å². The molecule has 1 rings (SSSR count). The highest BCUT2D eigenvalue weighted by atomic mass is 79.9. The number of hydrogen-bond acceptors (Lipinski definition) is 1. The lowest BCUT2D eigenvalue weighted by Gasteiger charge is -2.03. The Hall–Kier alpha value is -0.830. The Morgan fingerprint density at radius 2 is 2.25 bits per heavy atom. The summed E-state index contributed by atoms with van der Waals surface area (Å²) in [6, 6.07) is 6.89. The van der Waals surface area contributed by atoms with Crippen LogP contribution >= 0.6 is 15.9 Å². The van der Waals surface area contributed by atoms with Crippen molar-refractivity contribution in [2.24, 2.45) is 0 Å². The van der Waals surface area contributed by atoms with E-state index >= 15 is 0 Å². The minimum atomic E-state index is -0.884. The maximum absolute atomic E-state index is 10.6. The van der Waals surface area contributed by atoms with Crippen molar-refractivity contribution in [1.29, 1.82) is 0 Å². The molecular weight excluding hydrogens is 220 g/mol. The molecule has 0 heterocycles. The third-order valence-corrected chi connectivity index (χ3v) is 2.12. The van der Waals surface area contributed by atoms with Crippen molar-refractivity contribution >= 4 is 21.9 Å². The van der Waals surface area contributed by atoms with E-state index in [1.165, 1.54) is 0 Å². The fraction of sp³-hybridized carbons (Fsp3) is 0.222. The number of rotatable bonds is 2. The molecule has 64 valence electrons. The summed E-state index contributed by atoms with van der Waals surface area (Å²) in [5, 5.41) is 8.68. The average Bonchev–Trinajstić information content (AvgIpc) is 2.04. The number of carbonyl (C=O) groups is 1. The van der Waals surface area contributed by atoms with Crippen molar-refractivity contribution in [1.82, 2.24) is 0 Å². The smallest absolute Gasteiger partial charge is 0.335 e. The molecule has 1 aromatic rings. The highest BCUT2D eigenvalue weighted by Gasteiger charge is 2.05. The fourth-order valence-corrected chi connectivity index (χ4v) is 1.20. The van der Waals surface area contributed by atoms with Crippen molar-refractivity contribution < 1.29 is 9.90 Å². The largest absolute Gasteiger partial charge is 0.478 e. The van der Waals surface area contributed by atoms with Gasteiger partial charge in [0.1, 0.15) is 0 Å². The maximum atomic E-state index is 10.6. The first kappa shape index (κ1) is 9.26. The van der Waals surface area contributed by atoms with Gasteiger partial charge in [-0.25, -0.2) is 4.79 Å². The molecule has 2 nitrogen and oxygen atoms in total. The SMILES string of the molecule is CC(Br)c1cccc(C(=O)O)c1. The predicted octanol–water partition coefficient (Wildman–Crippen LogP) is 2.84. The standard InChI is InChI=1S/C9H9BrO2/c1-6(10)7-3-2-4-8(5-7)9(11)12/h2-6H,1H3,(H,11,12). The first-order valence-corrected chi connectivity index (χ1v) is 4.50. The summed E-state index contributed by atoms with van der Waals surface area (Å²) in [7, 11) is 0. The third-order valence-electron chi connectivity index (χ3n) is 1.59. The summed E-state index contributed by atoms with van der Waals surface area (Å²) in [6.45, 7) is 1.96. The Kier molecular flexibility index (Phi) is 2.87. The van der Waals surface area contributed by atoms with Crippen LogP contribution in [0.15, 0.2) is 24.3 Å². The van der Waals surface area contributed by atoms with Crippen LogP contribution in [0.4, 0.5) is 0 Å². The number of halogens is 1.